The van der Waals surface area contributed by atoms with Gasteiger partial charge in [0.05, 0.1) is 6.54 Å². The summed E-state index contributed by atoms with van der Waals surface area (Å²) < 4.78 is 80.1. The summed E-state index contributed by atoms with van der Waals surface area (Å²) in [5, 5.41) is 20.2. The van der Waals surface area contributed by atoms with E-state index >= 15 is 0 Å². The SMILES string of the molecule is C[C@@H](C/C=C/c1cc(F)c(S(N)(=O)=O)cc1F)[C@](O)(Cn1cncn1)c1ccc(F)cc1F. The predicted molar refractivity (Wildman–Crippen MR) is 111 cm³/mol. The van der Waals surface area contributed by atoms with Crippen molar-refractivity contribution in [3.63, 3.8) is 0 Å². The van der Waals surface area contributed by atoms with Crippen molar-refractivity contribution < 1.29 is 31.1 Å². The Morgan fingerprint density at radius 2 is 1.88 bits per heavy atom. The highest BCUT2D eigenvalue weighted by atomic mass is 32.2. The van der Waals surface area contributed by atoms with Crippen LogP contribution in [0.2, 0.25) is 0 Å². The number of nitrogens with two attached hydrogens (primary N) is 1. The lowest BCUT2D eigenvalue weighted by Crippen LogP contribution is -2.39. The summed E-state index contributed by atoms with van der Waals surface area (Å²) in [6.45, 7) is 1.38. The fourth-order valence-electron chi connectivity index (χ4n) is 3.39. The van der Waals surface area contributed by atoms with Gasteiger partial charge in [0.15, 0.2) is 0 Å². The summed E-state index contributed by atoms with van der Waals surface area (Å²) in [7, 11) is -4.44. The van der Waals surface area contributed by atoms with Crippen LogP contribution < -0.4 is 5.14 Å². The maximum Gasteiger partial charge on any atom is 0.241 e. The van der Waals surface area contributed by atoms with Gasteiger partial charge < -0.3 is 5.11 Å². The van der Waals surface area contributed by atoms with Crippen molar-refractivity contribution in [3.8, 4) is 0 Å². The van der Waals surface area contributed by atoms with Gasteiger partial charge in [-0.05, 0) is 30.5 Å². The molecule has 0 bridgehead atoms. The number of halogens is 4. The molecule has 0 aliphatic carbocycles. The first kappa shape index (κ1) is 24.6. The number of nitrogens with zero attached hydrogens (tertiary/aromatic N) is 3. The van der Waals surface area contributed by atoms with Gasteiger partial charge in [-0.15, -0.1) is 0 Å². The van der Waals surface area contributed by atoms with Crippen molar-refractivity contribution in [2.24, 2.45) is 11.1 Å². The van der Waals surface area contributed by atoms with Gasteiger partial charge in [0.25, 0.3) is 0 Å². The highest BCUT2D eigenvalue weighted by Gasteiger charge is 2.38. The molecule has 0 radical (unpaired) electrons. The van der Waals surface area contributed by atoms with Crippen molar-refractivity contribution in [3.05, 3.63) is 83.5 Å². The number of benzene rings is 2. The lowest BCUT2D eigenvalue weighted by atomic mass is 9.80. The molecule has 0 fully saturated rings. The first-order valence-corrected chi connectivity index (χ1v) is 11.1. The highest BCUT2D eigenvalue weighted by molar-refractivity contribution is 7.89. The first-order chi connectivity index (χ1) is 15.4. The number of primary sulfonamides is 1. The molecule has 0 aliphatic rings. The number of allylic oxidation sites excluding steroid dienone is 1. The van der Waals surface area contributed by atoms with E-state index in [1.807, 2.05) is 0 Å². The monoisotopic (exact) mass is 484 g/mol. The molecule has 0 aliphatic heterocycles. The normalized spacial score (nSPS) is 15.0. The summed E-state index contributed by atoms with van der Waals surface area (Å²) in [5.74, 6) is -4.73. The number of hydrogen-bond donors (Lipinski definition) is 2. The fraction of sp³-hybridized carbons (Fsp3) is 0.238. The molecule has 2 aromatic carbocycles. The van der Waals surface area contributed by atoms with Crippen LogP contribution in [0.1, 0.15) is 24.5 Å². The third-order valence-corrected chi connectivity index (χ3v) is 6.15. The van der Waals surface area contributed by atoms with Gasteiger partial charge in [-0.2, -0.15) is 5.10 Å². The minimum atomic E-state index is -4.44. The van der Waals surface area contributed by atoms with E-state index in [2.05, 4.69) is 10.1 Å². The second-order valence-electron chi connectivity index (χ2n) is 7.53. The second-order valence-corrected chi connectivity index (χ2v) is 9.06. The molecular weight excluding hydrogens is 464 g/mol. The number of aliphatic hydroxyl groups is 1. The highest BCUT2D eigenvalue weighted by Crippen LogP contribution is 2.36. The molecule has 1 heterocycles. The average molecular weight is 484 g/mol. The molecule has 0 saturated carbocycles. The van der Waals surface area contributed by atoms with Crippen LogP contribution in [0, 0.1) is 29.2 Å². The predicted octanol–water partition coefficient (Wildman–Crippen LogP) is 3.11. The van der Waals surface area contributed by atoms with Crippen molar-refractivity contribution in [1.82, 2.24) is 14.8 Å². The summed E-state index contributed by atoms with van der Waals surface area (Å²) in [4.78, 5) is 2.81. The minimum Gasteiger partial charge on any atom is -0.383 e. The van der Waals surface area contributed by atoms with Gasteiger partial charge >= 0.3 is 0 Å². The molecule has 3 N–H and O–H groups in total. The van der Waals surface area contributed by atoms with E-state index in [1.165, 1.54) is 29.5 Å². The Morgan fingerprint density at radius 3 is 2.48 bits per heavy atom. The maximum absolute atomic E-state index is 14.5. The van der Waals surface area contributed by atoms with Crippen molar-refractivity contribution in [2.45, 2.75) is 30.4 Å². The van der Waals surface area contributed by atoms with Crippen LogP contribution in [-0.2, 0) is 22.2 Å². The van der Waals surface area contributed by atoms with Crippen LogP contribution in [0.15, 0.2) is 54.0 Å². The maximum atomic E-state index is 14.5. The van der Waals surface area contributed by atoms with Crippen LogP contribution in [0.25, 0.3) is 6.08 Å². The zero-order valence-corrected chi connectivity index (χ0v) is 18.1. The molecule has 0 saturated heterocycles. The summed E-state index contributed by atoms with van der Waals surface area (Å²) in [6.07, 6.45) is 5.21. The van der Waals surface area contributed by atoms with Crippen LogP contribution in [0.4, 0.5) is 17.6 Å². The lowest BCUT2D eigenvalue weighted by molar-refractivity contribution is -0.0379. The quantitative estimate of drug-likeness (QED) is 0.478. The van der Waals surface area contributed by atoms with Gasteiger partial charge in [0, 0.05) is 17.2 Å². The molecule has 0 amide bonds. The van der Waals surface area contributed by atoms with E-state index in [-0.39, 0.29) is 24.1 Å². The Bertz CT molecular complexity index is 1280. The molecule has 176 valence electrons. The van der Waals surface area contributed by atoms with Crippen molar-refractivity contribution in [2.75, 3.05) is 0 Å². The fourth-order valence-corrected chi connectivity index (χ4v) is 3.99. The molecule has 7 nitrogen and oxygen atoms in total. The number of aromatic nitrogens is 3. The Hall–Kier alpha value is -3.09. The Kier molecular flexibility index (Phi) is 7.00. The van der Waals surface area contributed by atoms with Gasteiger partial charge in [-0.1, -0.05) is 25.1 Å². The topological polar surface area (TPSA) is 111 Å². The van der Waals surface area contributed by atoms with Crippen LogP contribution >= 0.6 is 0 Å². The van der Waals surface area contributed by atoms with Crippen LogP contribution in [0.3, 0.4) is 0 Å². The minimum absolute atomic E-state index is 0.0556. The zero-order chi connectivity index (χ0) is 24.4. The average Bonchev–Trinajstić information content (AvgIpc) is 3.21. The smallest absolute Gasteiger partial charge is 0.241 e. The third-order valence-electron chi connectivity index (χ3n) is 5.23. The largest absolute Gasteiger partial charge is 0.383 e. The van der Waals surface area contributed by atoms with Crippen molar-refractivity contribution >= 4 is 16.1 Å². The molecule has 33 heavy (non-hydrogen) atoms. The van der Waals surface area contributed by atoms with E-state index in [9.17, 15) is 31.1 Å². The standard InChI is InChI=1S/C21H20F4N4O3S/c1-13(3-2-4-14-7-19(25)20(9-17(14)23)33(26,31)32)21(30,10-29-12-27-11-28-29)16-6-5-15(22)8-18(16)24/h2,4-9,11-13,30H,3,10H2,1H3,(H2,26,31,32)/b4-2+/t13-,21+/m0/s1. The second kappa shape index (κ2) is 9.41. The lowest BCUT2D eigenvalue weighted by Gasteiger charge is -2.34. The van der Waals surface area contributed by atoms with E-state index in [0.29, 0.717) is 18.2 Å². The zero-order valence-electron chi connectivity index (χ0n) is 17.3. The molecular formula is C21H20F4N4O3S. The number of hydrogen-bond acceptors (Lipinski definition) is 5. The summed E-state index contributed by atoms with van der Waals surface area (Å²) in [5.41, 5.74) is -2.29. The van der Waals surface area contributed by atoms with E-state index in [4.69, 9.17) is 5.14 Å². The Morgan fingerprint density at radius 1 is 1.15 bits per heavy atom. The number of rotatable bonds is 8. The van der Waals surface area contributed by atoms with E-state index in [0.717, 1.165) is 12.1 Å². The van der Waals surface area contributed by atoms with Gasteiger partial charge in [0.2, 0.25) is 10.0 Å². The van der Waals surface area contributed by atoms with Gasteiger partial charge in [-0.25, -0.2) is 40.8 Å². The molecule has 2 atom stereocenters. The Labute approximate surface area is 187 Å². The van der Waals surface area contributed by atoms with Crippen molar-refractivity contribution in [1.29, 1.82) is 0 Å². The number of sulfonamides is 1. The van der Waals surface area contributed by atoms with Gasteiger partial charge in [0.1, 0.15) is 46.4 Å². The summed E-state index contributed by atoms with van der Waals surface area (Å²) in [6, 6.07) is 3.94. The van der Waals surface area contributed by atoms with Gasteiger partial charge in [-0.3, -0.25) is 0 Å². The van der Waals surface area contributed by atoms with Crippen LogP contribution in [0.5, 0.6) is 0 Å². The third kappa shape index (κ3) is 5.46. The molecule has 0 spiro atoms. The first-order valence-electron chi connectivity index (χ1n) is 9.60. The molecule has 3 rings (SSSR count). The molecule has 3 aromatic rings. The molecule has 1 aromatic heterocycles. The molecule has 12 heteroatoms. The molecule has 0 unspecified atom stereocenters. The van der Waals surface area contributed by atoms with Crippen LogP contribution in [-0.4, -0.2) is 28.3 Å². The van der Waals surface area contributed by atoms with E-state index in [1.54, 1.807) is 6.92 Å². The Balaban J connectivity index is 1.89. The van der Waals surface area contributed by atoms with E-state index < -0.39 is 49.7 Å². The summed E-state index contributed by atoms with van der Waals surface area (Å²) >= 11 is 0.